The molecule has 18 heavy (non-hydrogen) atoms. The molecule has 0 atom stereocenters. The number of nitro benzene ring substituents is 1. The van der Waals surface area contributed by atoms with Crippen molar-refractivity contribution in [3.63, 3.8) is 0 Å². The number of hydrogen-bond donors (Lipinski definition) is 1. The predicted octanol–water partition coefficient (Wildman–Crippen LogP) is 2.20. The van der Waals surface area contributed by atoms with Crippen LogP contribution >= 0.6 is 0 Å². The molecule has 0 aliphatic heterocycles. The van der Waals surface area contributed by atoms with Gasteiger partial charge in [-0.2, -0.15) is 0 Å². The van der Waals surface area contributed by atoms with Crippen LogP contribution in [0.1, 0.15) is 25.5 Å². The minimum absolute atomic E-state index is 0.0416. The molecule has 0 bridgehead atoms. The lowest BCUT2D eigenvalue weighted by atomic mass is 10.1. The molecule has 0 spiro atoms. The van der Waals surface area contributed by atoms with Crippen LogP contribution in [0.15, 0.2) is 35.1 Å². The maximum atomic E-state index is 11.8. The number of aromatic nitrogens is 2. The molecule has 0 amide bonds. The van der Waals surface area contributed by atoms with E-state index in [1.54, 1.807) is 12.1 Å². The number of non-ortho nitro benzene ring substituents is 1. The van der Waals surface area contributed by atoms with E-state index >= 15 is 0 Å². The lowest BCUT2D eigenvalue weighted by Gasteiger charge is -2.03. The van der Waals surface area contributed by atoms with Crippen molar-refractivity contribution in [2.45, 2.75) is 19.8 Å². The summed E-state index contributed by atoms with van der Waals surface area (Å²) in [4.78, 5) is 22.0. The summed E-state index contributed by atoms with van der Waals surface area (Å²) in [5.41, 5.74) is 0.993. The Morgan fingerprint density at radius 3 is 2.61 bits per heavy atom. The van der Waals surface area contributed by atoms with Gasteiger partial charge in [0, 0.05) is 23.9 Å². The first-order valence-electron chi connectivity index (χ1n) is 5.56. The Labute approximate surface area is 103 Å². The zero-order valence-corrected chi connectivity index (χ0v) is 10.1. The average Bonchev–Trinajstić information content (AvgIpc) is 2.72. The number of nitrogens with one attached hydrogen (secondary N) is 1. The van der Waals surface area contributed by atoms with Gasteiger partial charge < -0.3 is 0 Å². The third-order valence-corrected chi connectivity index (χ3v) is 2.66. The molecular formula is C12H13N3O3. The fraction of sp³-hybridized carbons (Fsp3) is 0.250. The van der Waals surface area contributed by atoms with Crippen molar-refractivity contribution in [2.24, 2.45) is 0 Å². The van der Waals surface area contributed by atoms with Crippen LogP contribution in [0.4, 0.5) is 5.69 Å². The predicted molar refractivity (Wildman–Crippen MR) is 67.1 cm³/mol. The lowest BCUT2D eigenvalue weighted by molar-refractivity contribution is -0.384. The van der Waals surface area contributed by atoms with Crippen molar-refractivity contribution in [1.29, 1.82) is 0 Å². The number of nitrogens with zero attached hydrogens (tertiary/aromatic N) is 2. The fourth-order valence-corrected chi connectivity index (χ4v) is 1.65. The standard InChI is InChI=1S/C12H13N3O3/c1-8(2)11-7-12(16)14(13-11)9-4-3-5-10(6-9)15(17)18/h3-8,13H,1-2H3. The molecule has 6 heteroatoms. The highest BCUT2D eigenvalue weighted by Gasteiger charge is 2.11. The Hall–Kier alpha value is -2.37. The van der Waals surface area contributed by atoms with Crippen LogP contribution in [0.2, 0.25) is 0 Å². The van der Waals surface area contributed by atoms with Crippen LogP contribution < -0.4 is 5.56 Å². The first-order chi connectivity index (χ1) is 8.49. The van der Waals surface area contributed by atoms with Gasteiger partial charge in [0.2, 0.25) is 0 Å². The van der Waals surface area contributed by atoms with Crippen molar-refractivity contribution in [1.82, 2.24) is 9.78 Å². The molecular weight excluding hydrogens is 234 g/mol. The van der Waals surface area contributed by atoms with Crippen molar-refractivity contribution in [2.75, 3.05) is 0 Å². The van der Waals surface area contributed by atoms with Gasteiger partial charge >= 0.3 is 0 Å². The summed E-state index contributed by atoms with van der Waals surface area (Å²) in [6.45, 7) is 3.92. The van der Waals surface area contributed by atoms with Gasteiger partial charge in [0.05, 0.1) is 10.6 Å². The number of hydrogen-bond acceptors (Lipinski definition) is 3. The number of aromatic amines is 1. The van der Waals surface area contributed by atoms with Gasteiger partial charge in [-0.05, 0) is 12.0 Å². The van der Waals surface area contributed by atoms with E-state index < -0.39 is 4.92 Å². The SMILES string of the molecule is CC(C)c1cc(=O)n(-c2cccc([N+](=O)[O-])c2)[nH]1. The van der Waals surface area contributed by atoms with Crippen molar-refractivity contribution >= 4 is 5.69 Å². The average molecular weight is 247 g/mol. The van der Waals surface area contributed by atoms with Gasteiger partial charge in [-0.15, -0.1) is 0 Å². The second-order valence-corrected chi connectivity index (χ2v) is 4.32. The van der Waals surface area contributed by atoms with Gasteiger partial charge in [0.1, 0.15) is 0 Å². The summed E-state index contributed by atoms with van der Waals surface area (Å²) < 4.78 is 1.31. The summed E-state index contributed by atoms with van der Waals surface area (Å²) in [6, 6.07) is 7.46. The molecule has 2 rings (SSSR count). The molecule has 0 aliphatic rings. The zero-order valence-electron chi connectivity index (χ0n) is 10.1. The van der Waals surface area contributed by atoms with Gasteiger partial charge in [-0.3, -0.25) is 20.0 Å². The first-order valence-corrected chi connectivity index (χ1v) is 5.56. The van der Waals surface area contributed by atoms with Gasteiger partial charge in [0.25, 0.3) is 11.2 Å². The minimum Gasteiger partial charge on any atom is -0.295 e. The Kier molecular flexibility index (Phi) is 3.01. The normalized spacial score (nSPS) is 10.8. The molecule has 1 heterocycles. The van der Waals surface area contributed by atoms with Crippen molar-refractivity contribution < 1.29 is 4.92 Å². The smallest absolute Gasteiger partial charge is 0.271 e. The van der Waals surface area contributed by atoms with E-state index in [0.29, 0.717) is 5.69 Å². The highest BCUT2D eigenvalue weighted by Crippen LogP contribution is 2.16. The number of benzene rings is 1. The van der Waals surface area contributed by atoms with Gasteiger partial charge in [-0.25, -0.2) is 4.68 Å². The van der Waals surface area contributed by atoms with E-state index in [1.165, 1.54) is 22.9 Å². The monoisotopic (exact) mass is 247 g/mol. The Morgan fingerprint density at radius 1 is 1.33 bits per heavy atom. The van der Waals surface area contributed by atoms with Crippen molar-refractivity contribution in [3.8, 4) is 5.69 Å². The Bertz CT molecular complexity index is 640. The molecule has 94 valence electrons. The topological polar surface area (TPSA) is 80.9 Å². The van der Waals surface area contributed by atoms with E-state index in [2.05, 4.69) is 5.10 Å². The minimum atomic E-state index is -0.485. The summed E-state index contributed by atoms with van der Waals surface area (Å²) in [5, 5.41) is 13.6. The zero-order chi connectivity index (χ0) is 13.3. The van der Waals surface area contributed by atoms with Gasteiger partial charge in [0.15, 0.2) is 0 Å². The summed E-state index contributed by atoms with van der Waals surface area (Å²) >= 11 is 0. The van der Waals surface area contributed by atoms with E-state index in [0.717, 1.165) is 5.69 Å². The number of rotatable bonds is 3. The van der Waals surface area contributed by atoms with E-state index in [1.807, 2.05) is 13.8 Å². The molecule has 0 saturated heterocycles. The van der Waals surface area contributed by atoms with Crippen LogP contribution in [0.25, 0.3) is 5.69 Å². The molecule has 1 aromatic heterocycles. The van der Waals surface area contributed by atoms with Crippen LogP contribution in [0.5, 0.6) is 0 Å². The largest absolute Gasteiger partial charge is 0.295 e. The van der Waals surface area contributed by atoms with Crippen LogP contribution in [0.3, 0.4) is 0 Å². The summed E-state index contributed by atoms with van der Waals surface area (Å²) in [5.74, 6) is 0.192. The van der Waals surface area contributed by atoms with E-state index in [4.69, 9.17) is 0 Å². The molecule has 0 saturated carbocycles. The first kappa shape index (κ1) is 12.1. The molecule has 1 aromatic carbocycles. The molecule has 0 radical (unpaired) electrons. The van der Waals surface area contributed by atoms with Gasteiger partial charge in [-0.1, -0.05) is 19.9 Å². The summed E-state index contributed by atoms with van der Waals surface area (Å²) in [7, 11) is 0. The molecule has 6 nitrogen and oxygen atoms in total. The van der Waals surface area contributed by atoms with E-state index in [9.17, 15) is 14.9 Å². The van der Waals surface area contributed by atoms with E-state index in [-0.39, 0.29) is 17.2 Å². The highest BCUT2D eigenvalue weighted by atomic mass is 16.6. The quantitative estimate of drug-likeness (QED) is 0.666. The third-order valence-electron chi connectivity index (χ3n) is 2.66. The van der Waals surface area contributed by atoms with Crippen LogP contribution in [-0.2, 0) is 0 Å². The second-order valence-electron chi connectivity index (χ2n) is 4.32. The maximum absolute atomic E-state index is 11.8. The number of H-pyrrole nitrogens is 1. The molecule has 0 aliphatic carbocycles. The van der Waals surface area contributed by atoms with Crippen LogP contribution in [-0.4, -0.2) is 14.7 Å². The molecule has 2 aromatic rings. The highest BCUT2D eigenvalue weighted by molar-refractivity contribution is 5.42. The number of nitro groups is 1. The van der Waals surface area contributed by atoms with Crippen LogP contribution in [0, 0.1) is 10.1 Å². The third kappa shape index (κ3) is 2.17. The Balaban J connectivity index is 2.52. The maximum Gasteiger partial charge on any atom is 0.271 e. The second kappa shape index (κ2) is 4.48. The summed E-state index contributed by atoms with van der Waals surface area (Å²) in [6.07, 6.45) is 0. The molecule has 0 fully saturated rings. The fourth-order valence-electron chi connectivity index (χ4n) is 1.65. The lowest BCUT2D eigenvalue weighted by Crippen LogP contribution is -2.13. The molecule has 0 unspecified atom stereocenters. The van der Waals surface area contributed by atoms with Crippen molar-refractivity contribution in [3.05, 3.63) is 56.5 Å². The molecule has 1 N–H and O–H groups in total. The Morgan fingerprint density at radius 2 is 2.06 bits per heavy atom.